The van der Waals surface area contributed by atoms with Gasteiger partial charge in [-0.05, 0) is 56.3 Å². The molecule has 0 aromatic heterocycles. The Morgan fingerprint density at radius 1 is 1.10 bits per heavy atom. The summed E-state index contributed by atoms with van der Waals surface area (Å²) in [7, 11) is 6.12. The smallest absolute Gasteiger partial charge is 0.505 e. The highest BCUT2D eigenvalue weighted by Gasteiger charge is 2.78. The van der Waals surface area contributed by atoms with Crippen molar-refractivity contribution >= 4 is 40.4 Å². The van der Waals surface area contributed by atoms with Gasteiger partial charge in [-0.3, -0.25) is 28.9 Å². The van der Waals surface area contributed by atoms with Gasteiger partial charge in [0, 0.05) is 31.9 Å². The van der Waals surface area contributed by atoms with Gasteiger partial charge < -0.3 is 37.3 Å². The number of alkyl halides is 3. The van der Waals surface area contributed by atoms with E-state index < -0.39 is 87.7 Å². The Morgan fingerprint density at radius 3 is 2.22 bits per heavy atom. The number of rotatable bonds is 7. The number of carbonyl (C=O) groups is 5. The standard InChI is InChI=1S/C32H34F3N7O7/c1-41(2)18-9-17(40-11-14-5-7-15(8-6-14)49-32(33,34)35)22(43)19-16(18)10-29(38)12-31(39)25(42(3)4)24(45)20(28(37)48)26(46)30(31,13-36)27(47)21(29)23(19)44/h5-9,20-21,25,40,43H,10-12,38-39H2,1-4H3,(H2,37,48)/t20?,21?,25-,29-,30+,31-/m1/s1. The molecule has 260 valence electrons. The van der Waals surface area contributed by atoms with Gasteiger partial charge in [0.25, 0.3) is 0 Å². The number of hydrogen-bond donors (Lipinski definition) is 5. The first-order valence-corrected chi connectivity index (χ1v) is 14.9. The highest BCUT2D eigenvalue weighted by atomic mass is 19.4. The summed E-state index contributed by atoms with van der Waals surface area (Å²) in [4.78, 5) is 71.8. The van der Waals surface area contributed by atoms with Crippen molar-refractivity contribution in [2.75, 3.05) is 38.4 Å². The van der Waals surface area contributed by atoms with Gasteiger partial charge in [0.1, 0.15) is 17.4 Å². The molecule has 0 saturated heterocycles. The molecule has 2 saturated carbocycles. The van der Waals surface area contributed by atoms with Crippen LogP contribution in [-0.2, 0) is 32.1 Å². The van der Waals surface area contributed by atoms with E-state index in [9.17, 15) is 47.5 Å². The number of likely N-dealkylation sites (N-methyl/N-ethyl adjacent to an activating group) is 1. The predicted octanol–water partition coefficient (Wildman–Crippen LogP) is 0.385. The van der Waals surface area contributed by atoms with Crippen LogP contribution in [0.1, 0.15) is 27.9 Å². The molecule has 8 N–H and O–H groups in total. The van der Waals surface area contributed by atoms with E-state index in [2.05, 4.69) is 10.1 Å². The fraction of sp³-hybridized carbons (Fsp3) is 0.438. The fourth-order valence-electron chi connectivity index (χ4n) is 7.80. The molecule has 0 bridgehead atoms. The van der Waals surface area contributed by atoms with Crippen LogP contribution in [0, 0.1) is 28.6 Å². The van der Waals surface area contributed by atoms with Crippen LogP contribution in [0.5, 0.6) is 11.5 Å². The van der Waals surface area contributed by atoms with Crippen LogP contribution in [-0.4, -0.2) is 90.7 Å². The first-order valence-electron chi connectivity index (χ1n) is 14.9. The van der Waals surface area contributed by atoms with Crippen LogP contribution in [0.15, 0.2) is 30.3 Å². The zero-order valence-corrected chi connectivity index (χ0v) is 26.8. The number of nitrogens with one attached hydrogen (secondary N) is 1. The number of benzene rings is 2. The third kappa shape index (κ3) is 5.18. The second kappa shape index (κ2) is 11.5. The van der Waals surface area contributed by atoms with Crippen molar-refractivity contribution in [3.8, 4) is 17.6 Å². The molecule has 5 rings (SSSR count). The second-order valence-corrected chi connectivity index (χ2v) is 13.2. The first-order chi connectivity index (χ1) is 22.6. The molecule has 14 nitrogen and oxygen atoms in total. The van der Waals surface area contributed by atoms with Gasteiger partial charge in [0.05, 0.1) is 28.9 Å². The van der Waals surface area contributed by atoms with Crippen LogP contribution >= 0.6 is 0 Å². The summed E-state index contributed by atoms with van der Waals surface area (Å²) in [6.45, 7) is -0.0287. The quantitative estimate of drug-likeness (QED) is 0.196. The minimum Gasteiger partial charge on any atom is -0.505 e. The van der Waals surface area contributed by atoms with E-state index in [-0.39, 0.29) is 29.8 Å². The number of ether oxygens (including phenoxy) is 1. The summed E-state index contributed by atoms with van der Waals surface area (Å²) >= 11 is 0. The number of carbonyl (C=O) groups excluding carboxylic acids is 5. The summed E-state index contributed by atoms with van der Waals surface area (Å²) in [5.74, 6) is -11.2. The molecule has 0 radical (unpaired) electrons. The number of hydrogen-bond acceptors (Lipinski definition) is 13. The lowest BCUT2D eigenvalue weighted by atomic mass is 9.42. The molecular formula is C32H34F3N7O7. The summed E-state index contributed by atoms with van der Waals surface area (Å²) in [5.41, 5.74) is 12.9. The van der Waals surface area contributed by atoms with E-state index >= 15 is 0 Å². The van der Waals surface area contributed by atoms with Gasteiger partial charge in [-0.15, -0.1) is 13.2 Å². The molecule has 6 atom stereocenters. The lowest BCUT2D eigenvalue weighted by Crippen LogP contribution is -2.85. The molecule has 17 heteroatoms. The molecule has 2 fully saturated rings. The molecule has 2 aromatic carbocycles. The minimum atomic E-state index is -4.87. The highest BCUT2D eigenvalue weighted by molar-refractivity contribution is 6.33. The number of anilines is 2. The van der Waals surface area contributed by atoms with Gasteiger partial charge in [-0.25, -0.2) is 0 Å². The summed E-state index contributed by atoms with van der Waals surface area (Å²) in [5, 5.41) is 25.0. The number of Topliss-reactive ketones (excluding diaryl/α,β-unsaturated/α-hetero) is 4. The SMILES string of the molecule is CN(C)c1cc(NCc2ccc(OC(F)(F)F)cc2)c(O)c2c1C[C@@]1(N)C[C@@]3(N)[C@H](N(C)C)C(=O)C(C(N)=O)C(=O)[C@@]3(C#N)C(=O)C1C2=O. The molecule has 0 heterocycles. The van der Waals surface area contributed by atoms with Crippen molar-refractivity contribution in [1.29, 1.82) is 5.26 Å². The molecule has 3 aliphatic rings. The molecular weight excluding hydrogens is 651 g/mol. The fourth-order valence-corrected chi connectivity index (χ4v) is 7.80. The van der Waals surface area contributed by atoms with Crippen molar-refractivity contribution < 1.29 is 47.0 Å². The van der Waals surface area contributed by atoms with Crippen molar-refractivity contribution in [3.63, 3.8) is 0 Å². The Labute approximate surface area is 277 Å². The second-order valence-electron chi connectivity index (χ2n) is 13.2. The Bertz CT molecular complexity index is 1840. The molecule has 0 spiro atoms. The zero-order chi connectivity index (χ0) is 36.6. The molecule has 49 heavy (non-hydrogen) atoms. The molecule has 3 aliphatic carbocycles. The Balaban J connectivity index is 1.61. The largest absolute Gasteiger partial charge is 0.573 e. The zero-order valence-electron chi connectivity index (χ0n) is 26.8. The predicted molar refractivity (Wildman–Crippen MR) is 166 cm³/mol. The Kier molecular flexibility index (Phi) is 8.30. The molecule has 2 unspecified atom stereocenters. The average Bonchev–Trinajstić information content (AvgIpc) is 2.95. The third-order valence-electron chi connectivity index (χ3n) is 9.69. The molecule has 2 aromatic rings. The number of nitriles is 1. The molecule has 0 aliphatic heterocycles. The lowest BCUT2D eigenvalue weighted by molar-refractivity contribution is -0.274. The number of fused-ring (bicyclic) bond motifs is 3. The van der Waals surface area contributed by atoms with Gasteiger partial charge in [-0.2, -0.15) is 5.26 Å². The van der Waals surface area contributed by atoms with Gasteiger partial charge in [0.15, 0.2) is 34.5 Å². The van der Waals surface area contributed by atoms with E-state index in [1.807, 2.05) is 0 Å². The van der Waals surface area contributed by atoms with E-state index in [4.69, 9.17) is 17.2 Å². The van der Waals surface area contributed by atoms with E-state index in [1.165, 1.54) is 37.2 Å². The number of phenols is 1. The average molecular weight is 686 g/mol. The maximum absolute atomic E-state index is 14.6. The summed E-state index contributed by atoms with van der Waals surface area (Å²) in [6, 6.07) is 6.58. The number of ketones is 4. The maximum atomic E-state index is 14.6. The van der Waals surface area contributed by atoms with E-state index in [0.29, 0.717) is 11.3 Å². The Morgan fingerprint density at radius 2 is 1.71 bits per heavy atom. The maximum Gasteiger partial charge on any atom is 0.573 e. The number of amides is 1. The Hall–Kier alpha value is -5.05. The first kappa shape index (κ1) is 35.3. The third-order valence-corrected chi connectivity index (χ3v) is 9.69. The number of nitrogens with two attached hydrogens (primary N) is 3. The number of aromatic hydroxyl groups is 1. The highest BCUT2D eigenvalue weighted by Crippen LogP contribution is 2.57. The normalized spacial score (nSPS) is 29.4. The van der Waals surface area contributed by atoms with Crippen LogP contribution < -0.4 is 32.2 Å². The number of nitrogens with zero attached hydrogens (tertiary/aromatic N) is 3. The summed E-state index contributed by atoms with van der Waals surface area (Å²) < 4.78 is 41.6. The number of halogens is 3. The van der Waals surface area contributed by atoms with Crippen molar-refractivity contribution in [1.82, 2.24) is 4.90 Å². The topological polar surface area (TPSA) is 235 Å². The van der Waals surface area contributed by atoms with Gasteiger partial charge >= 0.3 is 6.36 Å². The van der Waals surface area contributed by atoms with E-state index in [1.54, 1.807) is 25.1 Å². The van der Waals surface area contributed by atoms with Crippen molar-refractivity contribution in [2.45, 2.75) is 42.9 Å². The summed E-state index contributed by atoms with van der Waals surface area (Å²) in [6.07, 6.45) is -5.68. The van der Waals surface area contributed by atoms with Gasteiger partial charge in [0.2, 0.25) is 5.91 Å². The monoisotopic (exact) mass is 685 g/mol. The van der Waals surface area contributed by atoms with Crippen LogP contribution in [0.25, 0.3) is 0 Å². The minimum absolute atomic E-state index is 0.0168. The number of primary amides is 1. The van der Waals surface area contributed by atoms with Gasteiger partial charge in [-0.1, -0.05) is 12.1 Å². The molecule has 1 amide bonds. The van der Waals surface area contributed by atoms with E-state index in [0.717, 1.165) is 12.1 Å². The van der Waals surface area contributed by atoms with Crippen LogP contribution in [0.3, 0.4) is 0 Å². The number of phenolic OH excluding ortho intramolecular Hbond substituents is 1. The van der Waals surface area contributed by atoms with Crippen molar-refractivity contribution in [3.05, 3.63) is 47.0 Å². The van der Waals surface area contributed by atoms with Crippen LogP contribution in [0.2, 0.25) is 0 Å². The lowest BCUT2D eigenvalue weighted by Gasteiger charge is -2.60. The van der Waals surface area contributed by atoms with Crippen LogP contribution in [0.4, 0.5) is 24.5 Å². The van der Waals surface area contributed by atoms with Crippen molar-refractivity contribution in [2.24, 2.45) is 34.5 Å².